The minimum Gasteiger partial charge on any atom is -0.497 e. The van der Waals surface area contributed by atoms with Crippen molar-refractivity contribution in [3.63, 3.8) is 0 Å². The van der Waals surface area contributed by atoms with Crippen molar-refractivity contribution in [2.24, 2.45) is 0 Å². The van der Waals surface area contributed by atoms with Gasteiger partial charge in [0.15, 0.2) is 0 Å². The van der Waals surface area contributed by atoms with Gasteiger partial charge < -0.3 is 9.84 Å². The van der Waals surface area contributed by atoms with Crippen molar-refractivity contribution in [2.45, 2.75) is 0 Å². The molecule has 0 saturated carbocycles. The summed E-state index contributed by atoms with van der Waals surface area (Å²) in [6.45, 7) is 0. The van der Waals surface area contributed by atoms with Crippen molar-refractivity contribution >= 4 is 5.97 Å². The summed E-state index contributed by atoms with van der Waals surface area (Å²) < 4.78 is 5.38. The standard InChI is InChI=1S/C20H16O3/c1-23-16-12-17(14-8-4-2-5-9-14)19(20(21)22)18(13-16)15-10-6-3-7-11-15/h2-13H,1H3,(H,21,22). The minimum absolute atomic E-state index is 0.281. The molecule has 3 aromatic rings. The second-order valence-electron chi connectivity index (χ2n) is 5.13. The van der Waals surface area contributed by atoms with Gasteiger partial charge in [-0.25, -0.2) is 4.79 Å². The summed E-state index contributed by atoms with van der Waals surface area (Å²) in [6.07, 6.45) is 0. The minimum atomic E-state index is -0.953. The third kappa shape index (κ3) is 2.94. The third-order valence-corrected chi connectivity index (χ3v) is 3.73. The molecule has 23 heavy (non-hydrogen) atoms. The Morgan fingerprint density at radius 2 is 1.26 bits per heavy atom. The smallest absolute Gasteiger partial charge is 0.336 e. The van der Waals surface area contributed by atoms with Crippen LogP contribution in [-0.4, -0.2) is 18.2 Å². The lowest BCUT2D eigenvalue weighted by Gasteiger charge is -2.14. The van der Waals surface area contributed by atoms with Crippen LogP contribution >= 0.6 is 0 Å². The van der Waals surface area contributed by atoms with E-state index in [0.29, 0.717) is 16.9 Å². The van der Waals surface area contributed by atoms with Crippen LogP contribution in [0.25, 0.3) is 22.3 Å². The third-order valence-electron chi connectivity index (χ3n) is 3.73. The van der Waals surface area contributed by atoms with Crippen molar-refractivity contribution in [3.05, 3.63) is 78.4 Å². The summed E-state index contributed by atoms with van der Waals surface area (Å²) in [7, 11) is 1.58. The SMILES string of the molecule is COc1cc(-c2ccccc2)c(C(=O)O)c(-c2ccccc2)c1. The molecular weight excluding hydrogens is 288 g/mol. The number of carboxylic acid groups (broad SMARTS) is 1. The Balaban J connectivity index is 2.33. The lowest BCUT2D eigenvalue weighted by molar-refractivity contribution is 0.0698. The number of hydrogen-bond donors (Lipinski definition) is 1. The number of methoxy groups -OCH3 is 1. The first-order chi connectivity index (χ1) is 11.2. The first-order valence-electron chi connectivity index (χ1n) is 7.27. The molecule has 0 aliphatic rings. The lowest BCUT2D eigenvalue weighted by Crippen LogP contribution is -2.04. The molecule has 3 aromatic carbocycles. The van der Waals surface area contributed by atoms with Crippen molar-refractivity contribution in [1.29, 1.82) is 0 Å². The van der Waals surface area contributed by atoms with Gasteiger partial charge in [0.1, 0.15) is 5.75 Å². The van der Waals surface area contributed by atoms with E-state index in [1.807, 2.05) is 60.7 Å². The van der Waals surface area contributed by atoms with Gasteiger partial charge >= 0.3 is 5.97 Å². The highest BCUT2D eigenvalue weighted by atomic mass is 16.5. The maximum Gasteiger partial charge on any atom is 0.336 e. The normalized spacial score (nSPS) is 10.3. The molecule has 0 spiro atoms. The molecule has 0 aromatic heterocycles. The number of benzene rings is 3. The van der Waals surface area contributed by atoms with Crippen LogP contribution < -0.4 is 4.74 Å². The van der Waals surface area contributed by atoms with E-state index in [1.54, 1.807) is 19.2 Å². The first kappa shape index (κ1) is 14.9. The average Bonchev–Trinajstić information content (AvgIpc) is 2.62. The van der Waals surface area contributed by atoms with E-state index in [2.05, 4.69) is 0 Å². The predicted molar refractivity (Wildman–Crippen MR) is 90.8 cm³/mol. The summed E-state index contributed by atoms with van der Waals surface area (Å²) >= 11 is 0. The number of rotatable bonds is 4. The zero-order chi connectivity index (χ0) is 16.2. The molecule has 0 atom stereocenters. The van der Waals surface area contributed by atoms with Crippen LogP contribution in [0.4, 0.5) is 0 Å². The average molecular weight is 304 g/mol. The van der Waals surface area contributed by atoms with Crippen molar-refractivity contribution in [3.8, 4) is 28.0 Å². The zero-order valence-corrected chi connectivity index (χ0v) is 12.7. The van der Waals surface area contributed by atoms with E-state index >= 15 is 0 Å². The van der Waals surface area contributed by atoms with Crippen LogP contribution in [0.2, 0.25) is 0 Å². The van der Waals surface area contributed by atoms with Crippen LogP contribution in [-0.2, 0) is 0 Å². The molecule has 3 nitrogen and oxygen atoms in total. The Kier molecular flexibility index (Phi) is 4.11. The summed E-state index contributed by atoms with van der Waals surface area (Å²) in [5.74, 6) is -0.321. The van der Waals surface area contributed by atoms with Gasteiger partial charge in [0.05, 0.1) is 12.7 Å². The van der Waals surface area contributed by atoms with Gasteiger partial charge in [-0.05, 0) is 23.3 Å². The molecule has 0 heterocycles. The lowest BCUT2D eigenvalue weighted by atomic mass is 9.91. The number of hydrogen-bond acceptors (Lipinski definition) is 2. The number of ether oxygens (including phenoxy) is 1. The van der Waals surface area contributed by atoms with Gasteiger partial charge in [-0.2, -0.15) is 0 Å². The van der Waals surface area contributed by atoms with Gasteiger partial charge in [-0.15, -0.1) is 0 Å². The van der Waals surface area contributed by atoms with Crippen LogP contribution in [0, 0.1) is 0 Å². The maximum absolute atomic E-state index is 11.9. The quantitative estimate of drug-likeness (QED) is 0.758. The number of aromatic carboxylic acids is 1. The van der Waals surface area contributed by atoms with E-state index < -0.39 is 5.97 Å². The van der Waals surface area contributed by atoms with Crippen molar-refractivity contribution < 1.29 is 14.6 Å². The summed E-state index contributed by atoms with van der Waals surface area (Å²) in [4.78, 5) is 11.9. The van der Waals surface area contributed by atoms with Crippen LogP contribution in [0.15, 0.2) is 72.8 Å². The molecular formula is C20H16O3. The Bertz CT molecular complexity index is 764. The zero-order valence-electron chi connectivity index (χ0n) is 12.7. The summed E-state index contributed by atoms with van der Waals surface area (Å²) in [6, 6.07) is 22.5. The molecule has 3 heteroatoms. The molecule has 0 radical (unpaired) electrons. The first-order valence-corrected chi connectivity index (χ1v) is 7.27. The Morgan fingerprint density at radius 3 is 1.61 bits per heavy atom. The molecule has 0 aliphatic heterocycles. The molecule has 1 N–H and O–H groups in total. The fourth-order valence-electron chi connectivity index (χ4n) is 2.65. The molecule has 3 rings (SSSR count). The van der Waals surface area contributed by atoms with Gasteiger partial charge in [-0.3, -0.25) is 0 Å². The monoisotopic (exact) mass is 304 g/mol. The molecule has 0 aliphatic carbocycles. The van der Waals surface area contributed by atoms with E-state index in [1.165, 1.54) is 0 Å². The topological polar surface area (TPSA) is 46.5 Å². The number of carboxylic acids is 1. The highest BCUT2D eigenvalue weighted by Crippen LogP contribution is 2.36. The van der Waals surface area contributed by atoms with E-state index in [0.717, 1.165) is 11.1 Å². The second kappa shape index (κ2) is 6.36. The molecule has 0 saturated heterocycles. The van der Waals surface area contributed by atoms with Crippen molar-refractivity contribution in [2.75, 3.05) is 7.11 Å². The maximum atomic E-state index is 11.9. The van der Waals surface area contributed by atoms with E-state index in [4.69, 9.17) is 4.74 Å². The van der Waals surface area contributed by atoms with Crippen LogP contribution in [0.3, 0.4) is 0 Å². The predicted octanol–water partition coefficient (Wildman–Crippen LogP) is 4.73. The highest BCUT2D eigenvalue weighted by molar-refractivity contribution is 6.03. The molecule has 0 amide bonds. The summed E-state index contributed by atoms with van der Waals surface area (Å²) in [5, 5.41) is 9.79. The van der Waals surface area contributed by atoms with E-state index in [-0.39, 0.29) is 5.56 Å². The molecule has 0 unspecified atom stereocenters. The Labute approximate surface area is 134 Å². The Hall–Kier alpha value is -3.07. The molecule has 0 fully saturated rings. The molecule has 114 valence electrons. The molecule has 0 bridgehead atoms. The summed E-state index contributed by atoms with van der Waals surface area (Å²) in [5.41, 5.74) is 3.28. The highest BCUT2D eigenvalue weighted by Gasteiger charge is 2.19. The fraction of sp³-hybridized carbons (Fsp3) is 0.0500. The fourth-order valence-corrected chi connectivity index (χ4v) is 2.65. The largest absolute Gasteiger partial charge is 0.497 e. The van der Waals surface area contributed by atoms with Crippen LogP contribution in [0.5, 0.6) is 5.75 Å². The number of carbonyl (C=O) groups is 1. The Morgan fingerprint density at radius 1 is 0.826 bits per heavy atom. The van der Waals surface area contributed by atoms with Gasteiger partial charge in [0.25, 0.3) is 0 Å². The van der Waals surface area contributed by atoms with Gasteiger partial charge in [-0.1, -0.05) is 60.7 Å². The van der Waals surface area contributed by atoms with Crippen molar-refractivity contribution in [1.82, 2.24) is 0 Å². The van der Waals surface area contributed by atoms with Gasteiger partial charge in [0.2, 0.25) is 0 Å². The van der Waals surface area contributed by atoms with Crippen LogP contribution in [0.1, 0.15) is 10.4 Å². The van der Waals surface area contributed by atoms with Gasteiger partial charge in [0, 0.05) is 11.1 Å². The van der Waals surface area contributed by atoms with E-state index in [9.17, 15) is 9.90 Å². The second-order valence-corrected chi connectivity index (χ2v) is 5.13.